The van der Waals surface area contributed by atoms with Gasteiger partial charge in [0.05, 0.1) is 5.76 Å². The van der Waals surface area contributed by atoms with Crippen LogP contribution in [0.4, 0.5) is 0 Å². The number of aliphatic hydroxyl groups excluding tert-OH is 1. The van der Waals surface area contributed by atoms with Crippen LogP contribution in [0.5, 0.6) is 0 Å². The molecule has 3 aromatic rings. The molecule has 5 heteroatoms. The quantitative estimate of drug-likeness (QED) is 0.0715. The van der Waals surface area contributed by atoms with Crippen LogP contribution < -0.4 is 4.40 Å². The Balaban J connectivity index is 0.000000637. The van der Waals surface area contributed by atoms with E-state index in [2.05, 4.69) is 117 Å². The number of carbonyl (C=O) groups is 1. The predicted octanol–water partition coefficient (Wildman–Crippen LogP) is 12.5. The zero-order chi connectivity index (χ0) is 36.2. The summed E-state index contributed by atoms with van der Waals surface area (Å²) in [6.45, 7) is 29.5. The van der Waals surface area contributed by atoms with Crippen LogP contribution in [0, 0.1) is 35.7 Å². The molecule has 1 aromatic heterocycles. The second-order valence-electron chi connectivity index (χ2n) is 16.4. The molecule has 49 heavy (non-hydrogen) atoms. The van der Waals surface area contributed by atoms with Crippen LogP contribution in [-0.4, -0.2) is 29.1 Å². The van der Waals surface area contributed by atoms with E-state index in [0.29, 0.717) is 0 Å². The van der Waals surface area contributed by atoms with Crippen molar-refractivity contribution in [2.75, 3.05) is 0 Å². The number of benzene rings is 2. The second kappa shape index (κ2) is 20.9. The van der Waals surface area contributed by atoms with Gasteiger partial charge in [-0.2, -0.15) is 0 Å². The van der Waals surface area contributed by atoms with Crippen molar-refractivity contribution in [2.24, 2.45) is 29.6 Å². The zero-order valence-corrected chi connectivity index (χ0v) is 37.7. The fourth-order valence-corrected chi connectivity index (χ4v) is 21.8. The molecule has 3 rings (SSSR count). The van der Waals surface area contributed by atoms with Crippen molar-refractivity contribution < 1.29 is 30.0 Å². The number of hydrogen-bond acceptors (Lipinski definition) is 3. The van der Waals surface area contributed by atoms with Gasteiger partial charge in [0.2, 0.25) is 0 Å². The molecule has 1 N–H and O–H groups in total. The number of aliphatic hydroxyl groups is 1. The van der Waals surface area contributed by atoms with Crippen molar-refractivity contribution in [3.63, 3.8) is 0 Å². The molecule has 0 fully saturated rings. The van der Waals surface area contributed by atoms with Gasteiger partial charge in [0.25, 0.3) is 0 Å². The van der Waals surface area contributed by atoms with Gasteiger partial charge in [-0.1, -0.05) is 27.7 Å². The molecule has 2 aromatic carbocycles. The van der Waals surface area contributed by atoms with E-state index in [4.69, 9.17) is 4.98 Å². The van der Waals surface area contributed by atoms with E-state index in [0.717, 1.165) is 54.7 Å². The van der Waals surface area contributed by atoms with E-state index < -0.39 is 13.3 Å². The number of nitrogens with zero attached hydrogens (tertiary/aromatic N) is 1. The van der Waals surface area contributed by atoms with Crippen molar-refractivity contribution in [2.45, 2.75) is 137 Å². The van der Waals surface area contributed by atoms with Crippen molar-refractivity contribution in [1.29, 1.82) is 0 Å². The minimum absolute atomic E-state index is 0. The maximum atomic E-state index is 11.7. The monoisotopic (exact) mass is 909 g/mol. The summed E-state index contributed by atoms with van der Waals surface area (Å²) in [5, 5.41) is 16.4. The van der Waals surface area contributed by atoms with Gasteiger partial charge in [0.15, 0.2) is 5.78 Å². The van der Waals surface area contributed by atoms with Gasteiger partial charge in [-0.3, -0.25) is 4.79 Å². The average molecular weight is 908 g/mol. The number of ketones is 1. The van der Waals surface area contributed by atoms with Gasteiger partial charge < -0.3 is 5.11 Å². The summed E-state index contributed by atoms with van der Waals surface area (Å²) in [4.78, 5) is 16.6. The fraction of sp³-hybridized carbons (Fsp3) is 0.591. The second-order valence-corrected chi connectivity index (χ2v) is 25.5. The van der Waals surface area contributed by atoms with Crippen molar-refractivity contribution in [1.82, 2.24) is 4.98 Å². The van der Waals surface area contributed by atoms with E-state index in [1.165, 1.54) is 38.2 Å². The van der Waals surface area contributed by atoms with E-state index in [9.17, 15) is 9.90 Å². The Morgan fingerprint density at radius 2 is 1.33 bits per heavy atom. The van der Waals surface area contributed by atoms with Gasteiger partial charge in [-0.05, 0) is 25.7 Å². The topological polar surface area (TPSA) is 50.2 Å². The first-order valence-electron chi connectivity index (χ1n) is 18.9. The Hall–Kier alpha value is -1.75. The third-order valence-corrected chi connectivity index (χ3v) is 23.0. The van der Waals surface area contributed by atoms with Gasteiger partial charge in [-0.15, -0.1) is 0 Å². The Labute approximate surface area is 317 Å². The van der Waals surface area contributed by atoms with Crippen LogP contribution in [0.15, 0.2) is 60.5 Å². The first-order valence-corrected chi connectivity index (χ1v) is 24.4. The van der Waals surface area contributed by atoms with Crippen molar-refractivity contribution in [3.8, 4) is 11.3 Å². The van der Waals surface area contributed by atoms with Crippen molar-refractivity contribution >= 4 is 34.2 Å². The summed E-state index contributed by atoms with van der Waals surface area (Å²) in [5.41, 5.74) is 3.67. The first kappa shape index (κ1) is 45.3. The minimum Gasteiger partial charge on any atom is -0.512 e. The van der Waals surface area contributed by atoms with Crippen molar-refractivity contribution in [3.05, 3.63) is 72.1 Å². The maximum Gasteiger partial charge on any atom is 0.162 e. The molecule has 0 aliphatic heterocycles. The third-order valence-electron chi connectivity index (χ3n) is 9.71. The van der Waals surface area contributed by atoms with Crippen LogP contribution in [0.3, 0.4) is 0 Å². The zero-order valence-electron chi connectivity index (χ0n) is 33.2. The van der Waals surface area contributed by atoms with E-state index in [1.54, 1.807) is 4.40 Å². The minimum atomic E-state index is -2.33. The van der Waals surface area contributed by atoms with Gasteiger partial charge >= 0.3 is 206 Å². The molecule has 0 saturated carbocycles. The number of aromatic nitrogens is 1. The standard InChI is InChI=1S/C31H44GeN.C13H24O2.Ir/c1-22(2)19-32(20-23(3)4,21-24(5)6)27-14-15-33-30(18-27)26-16-25-12-10-11-13-28(25)29(17-26)31(7,8)9;1-5-10(6-2)12(14)9-13(15)11(7-3)8-4;/h10-15,17-18,22-24H,19-21H2,1-9H3;9-11,14H,5-8H2,1-4H3;/q-1;;/b;12-9-;. The molecular weight excluding hydrogens is 839 g/mol. The van der Waals surface area contributed by atoms with Gasteiger partial charge in [0, 0.05) is 38.0 Å². The number of rotatable bonds is 15. The first-order chi connectivity index (χ1) is 22.5. The van der Waals surface area contributed by atoms with Gasteiger partial charge in [0.1, 0.15) is 0 Å². The molecular formula is C44H68GeIrNO2-. The number of allylic oxidation sites excluding steroid dienone is 2. The van der Waals surface area contributed by atoms with Crippen LogP contribution in [0.1, 0.15) is 121 Å². The largest absolute Gasteiger partial charge is 0.512 e. The maximum absolute atomic E-state index is 11.7. The Morgan fingerprint density at radius 1 is 0.816 bits per heavy atom. The van der Waals surface area contributed by atoms with Crippen LogP contribution >= 0.6 is 0 Å². The molecule has 275 valence electrons. The van der Waals surface area contributed by atoms with Gasteiger partial charge in [-0.25, -0.2) is 0 Å². The number of pyridine rings is 1. The molecule has 1 heterocycles. The Bertz CT molecular complexity index is 1430. The van der Waals surface area contributed by atoms with Crippen LogP contribution in [0.25, 0.3) is 22.0 Å². The molecule has 0 saturated heterocycles. The normalized spacial score (nSPS) is 12.6. The Morgan fingerprint density at radius 3 is 1.80 bits per heavy atom. The summed E-state index contributed by atoms with van der Waals surface area (Å²) in [6.07, 6.45) is 6.98. The molecule has 3 nitrogen and oxygen atoms in total. The fourth-order valence-electron chi connectivity index (χ4n) is 7.62. The summed E-state index contributed by atoms with van der Waals surface area (Å²) in [6, 6.07) is 19.6. The number of fused-ring (bicyclic) bond motifs is 1. The van der Waals surface area contributed by atoms with E-state index >= 15 is 0 Å². The molecule has 0 aliphatic rings. The SMILES string of the molecule is CC(C)[CH2][Ge]([CH2]C(C)C)([CH2]C(C)C)[c]1ccnc(-c2[c-]c3ccccc3c(C(C)(C)C)c2)c1.CCC(CC)C(=O)/C=C(\O)C(CC)CC.[Ir]. The average Bonchev–Trinajstić information content (AvgIpc) is 3.00. The predicted molar refractivity (Wildman–Crippen MR) is 213 cm³/mol. The molecule has 1 radical (unpaired) electrons. The summed E-state index contributed by atoms with van der Waals surface area (Å²) < 4.78 is 1.63. The summed E-state index contributed by atoms with van der Waals surface area (Å²) >= 11 is -2.33. The summed E-state index contributed by atoms with van der Waals surface area (Å²) in [5.74, 6) is 2.75. The molecule has 0 amide bonds. The molecule has 0 atom stereocenters. The molecule has 0 unspecified atom stereocenters. The van der Waals surface area contributed by atoms with Crippen LogP contribution in [0.2, 0.25) is 15.8 Å². The number of carbonyl (C=O) groups excluding carboxylic acids is 1. The Kier molecular flexibility index (Phi) is 19.3. The number of hydrogen-bond donors (Lipinski definition) is 1. The van der Waals surface area contributed by atoms with E-state index in [1.807, 2.05) is 27.7 Å². The summed E-state index contributed by atoms with van der Waals surface area (Å²) in [7, 11) is 0. The third kappa shape index (κ3) is 13.4. The van der Waals surface area contributed by atoms with E-state index in [-0.39, 0.29) is 48.9 Å². The molecule has 0 bridgehead atoms. The van der Waals surface area contributed by atoms with Crippen LogP contribution in [-0.2, 0) is 30.3 Å². The smallest absolute Gasteiger partial charge is 0.162 e. The molecule has 0 spiro atoms. The molecule has 0 aliphatic carbocycles.